The Morgan fingerprint density at radius 2 is 1.20 bits per heavy atom. The molecule has 0 aliphatic rings. The van der Waals surface area contributed by atoms with E-state index in [1.165, 1.54) is 5.56 Å². The van der Waals surface area contributed by atoms with Gasteiger partial charge in [0.1, 0.15) is 33.5 Å². The zero-order chi connectivity index (χ0) is 25.2. The number of rotatable bonds is 3. The minimum absolute atomic E-state index is 0.0807. The molecule has 0 bridgehead atoms. The number of para-hydroxylation sites is 2. The molecule has 5 rings (SSSR count). The van der Waals surface area contributed by atoms with Gasteiger partial charge in [-0.05, 0) is 65.1 Å². The summed E-state index contributed by atoms with van der Waals surface area (Å²) in [7, 11) is 0. The van der Waals surface area contributed by atoms with Crippen LogP contribution in [-0.2, 0) is 12.8 Å². The van der Waals surface area contributed by atoms with Gasteiger partial charge >= 0.3 is 0 Å². The number of hydrogen-bond donors (Lipinski definition) is 2. The van der Waals surface area contributed by atoms with Gasteiger partial charge < -0.3 is 5.11 Å². The summed E-state index contributed by atoms with van der Waals surface area (Å²) in [6.07, 6.45) is 1.73. The van der Waals surface area contributed by atoms with Crippen molar-refractivity contribution in [3.05, 3.63) is 71.8 Å². The average Bonchev–Trinajstić information content (AvgIpc) is 3.41. The first-order valence-corrected chi connectivity index (χ1v) is 11.9. The number of fused-ring (bicyclic) bond motifs is 2. The van der Waals surface area contributed by atoms with E-state index in [4.69, 9.17) is 0 Å². The van der Waals surface area contributed by atoms with Crippen molar-refractivity contribution < 1.29 is 5.11 Å². The molecule has 0 spiro atoms. The SMILES string of the molecule is CC(C)(C)Cc1cc(CC(C)(C)C)c(O)c(-n2nc3ccccc3n2)c1.c1ccc2n[nH]nc2c1. The maximum Gasteiger partial charge on any atom is 0.146 e. The fourth-order valence-corrected chi connectivity index (χ4v) is 4.07. The van der Waals surface area contributed by atoms with Gasteiger partial charge in [-0.15, -0.1) is 15.0 Å². The van der Waals surface area contributed by atoms with Crippen molar-refractivity contribution in [2.75, 3.05) is 0 Å². The van der Waals surface area contributed by atoms with E-state index in [1.54, 1.807) is 4.80 Å². The summed E-state index contributed by atoms with van der Waals surface area (Å²) in [5, 5.41) is 30.4. The summed E-state index contributed by atoms with van der Waals surface area (Å²) in [6, 6.07) is 19.6. The molecule has 35 heavy (non-hydrogen) atoms. The van der Waals surface area contributed by atoms with Gasteiger partial charge in [0.25, 0.3) is 0 Å². The molecule has 182 valence electrons. The molecule has 2 N–H and O–H groups in total. The molecule has 0 amide bonds. The van der Waals surface area contributed by atoms with Gasteiger partial charge in [-0.2, -0.15) is 15.4 Å². The van der Waals surface area contributed by atoms with Crippen LogP contribution in [0.25, 0.3) is 27.8 Å². The second-order valence-corrected chi connectivity index (χ2v) is 11.4. The smallest absolute Gasteiger partial charge is 0.146 e. The van der Waals surface area contributed by atoms with Crippen molar-refractivity contribution >= 4 is 22.1 Å². The van der Waals surface area contributed by atoms with Crippen molar-refractivity contribution in [1.82, 2.24) is 30.4 Å². The van der Waals surface area contributed by atoms with Crippen LogP contribution in [0.3, 0.4) is 0 Å². The highest BCUT2D eigenvalue weighted by molar-refractivity contribution is 5.74. The van der Waals surface area contributed by atoms with Crippen molar-refractivity contribution in [1.29, 1.82) is 0 Å². The summed E-state index contributed by atoms with van der Waals surface area (Å²) in [5.74, 6) is 0.276. The highest BCUT2D eigenvalue weighted by Gasteiger charge is 2.21. The van der Waals surface area contributed by atoms with Gasteiger partial charge in [0.05, 0.1) is 0 Å². The normalized spacial score (nSPS) is 12.1. The molecule has 5 aromatic rings. The number of phenols is 1. The summed E-state index contributed by atoms with van der Waals surface area (Å²) >= 11 is 0. The maximum absolute atomic E-state index is 11.0. The number of aromatic hydroxyl groups is 1. The van der Waals surface area contributed by atoms with Gasteiger partial charge in [0.15, 0.2) is 0 Å². The first-order valence-electron chi connectivity index (χ1n) is 11.9. The lowest BCUT2D eigenvalue weighted by Gasteiger charge is -2.23. The van der Waals surface area contributed by atoms with E-state index in [0.717, 1.165) is 40.5 Å². The Kier molecular flexibility index (Phi) is 6.61. The van der Waals surface area contributed by atoms with Gasteiger partial charge in [0, 0.05) is 0 Å². The van der Waals surface area contributed by atoms with E-state index >= 15 is 0 Å². The fraction of sp³-hybridized carbons (Fsp3) is 0.357. The molecule has 0 aliphatic heterocycles. The van der Waals surface area contributed by atoms with E-state index in [-0.39, 0.29) is 16.6 Å². The van der Waals surface area contributed by atoms with Gasteiger partial charge in [-0.3, -0.25) is 0 Å². The largest absolute Gasteiger partial charge is 0.505 e. The lowest BCUT2D eigenvalue weighted by atomic mass is 9.84. The molecule has 0 fully saturated rings. The highest BCUT2D eigenvalue weighted by Crippen LogP contribution is 2.34. The van der Waals surface area contributed by atoms with Crippen molar-refractivity contribution in [3.63, 3.8) is 0 Å². The quantitative estimate of drug-likeness (QED) is 0.325. The lowest BCUT2D eigenvalue weighted by molar-refractivity contribution is 0.390. The van der Waals surface area contributed by atoms with Crippen molar-refractivity contribution in [3.8, 4) is 11.4 Å². The molecule has 0 atom stereocenters. The molecular formula is C28H34N6O. The molecule has 0 radical (unpaired) electrons. The number of H-pyrrole nitrogens is 1. The number of hydrogen-bond acceptors (Lipinski definition) is 5. The molecule has 2 heterocycles. The third-order valence-corrected chi connectivity index (χ3v) is 5.41. The number of benzene rings is 3. The zero-order valence-electron chi connectivity index (χ0n) is 21.4. The first kappa shape index (κ1) is 24.4. The topological polar surface area (TPSA) is 92.5 Å². The number of phenolic OH excluding ortho intramolecular Hbond substituents is 1. The van der Waals surface area contributed by atoms with Gasteiger partial charge in [-0.25, -0.2) is 0 Å². The highest BCUT2D eigenvalue weighted by atomic mass is 16.3. The van der Waals surface area contributed by atoms with Crippen LogP contribution in [0.2, 0.25) is 0 Å². The third kappa shape index (κ3) is 6.23. The van der Waals surface area contributed by atoms with Crippen LogP contribution in [0.1, 0.15) is 52.7 Å². The van der Waals surface area contributed by atoms with Gasteiger partial charge in [-0.1, -0.05) is 71.9 Å². The molecule has 0 saturated carbocycles. The number of nitrogens with one attached hydrogen (secondary N) is 1. The minimum Gasteiger partial charge on any atom is -0.505 e. The van der Waals surface area contributed by atoms with E-state index < -0.39 is 0 Å². The van der Waals surface area contributed by atoms with Crippen LogP contribution in [-0.4, -0.2) is 35.5 Å². The second-order valence-electron chi connectivity index (χ2n) is 11.4. The standard InChI is InChI=1S/C22H29N3O.C6H5N3/c1-21(2,3)13-15-11-16(14-22(4,5)6)20(26)19(12-15)25-23-17-9-7-8-10-18(17)24-25;1-2-4-6-5(3-1)7-9-8-6/h7-12,26H,13-14H2,1-6H3;1-4H,(H,7,8,9). The van der Waals surface area contributed by atoms with Crippen molar-refractivity contribution in [2.45, 2.75) is 54.4 Å². The van der Waals surface area contributed by atoms with E-state index in [0.29, 0.717) is 5.69 Å². The Morgan fingerprint density at radius 3 is 1.69 bits per heavy atom. The van der Waals surface area contributed by atoms with Crippen LogP contribution in [0, 0.1) is 10.8 Å². The van der Waals surface area contributed by atoms with E-state index in [1.807, 2.05) is 54.6 Å². The molecule has 0 saturated heterocycles. The minimum atomic E-state index is 0.0807. The average molecular weight is 471 g/mol. The summed E-state index contributed by atoms with van der Waals surface area (Å²) in [6.45, 7) is 13.2. The van der Waals surface area contributed by atoms with Crippen LogP contribution in [0.15, 0.2) is 60.7 Å². The van der Waals surface area contributed by atoms with Gasteiger partial charge in [0.2, 0.25) is 0 Å². The Morgan fingerprint density at radius 1 is 0.714 bits per heavy atom. The Bertz CT molecular complexity index is 1370. The molecule has 0 aliphatic carbocycles. The van der Waals surface area contributed by atoms with Crippen molar-refractivity contribution in [2.24, 2.45) is 10.8 Å². The number of aromatic amines is 1. The number of nitrogens with zero attached hydrogens (tertiary/aromatic N) is 5. The summed E-state index contributed by atoms with van der Waals surface area (Å²) in [4.78, 5) is 1.57. The number of aromatic nitrogens is 6. The van der Waals surface area contributed by atoms with E-state index in [9.17, 15) is 5.11 Å². The van der Waals surface area contributed by atoms with Crippen LogP contribution < -0.4 is 0 Å². The second kappa shape index (κ2) is 9.49. The predicted octanol–water partition coefficient (Wildman–Crippen LogP) is 6.26. The van der Waals surface area contributed by atoms with E-state index in [2.05, 4.69) is 73.2 Å². The Balaban J connectivity index is 0.000000266. The first-order chi connectivity index (χ1) is 16.5. The zero-order valence-corrected chi connectivity index (χ0v) is 21.4. The molecule has 2 aromatic heterocycles. The fourth-order valence-electron chi connectivity index (χ4n) is 4.07. The summed E-state index contributed by atoms with van der Waals surface area (Å²) < 4.78 is 0. The Hall–Kier alpha value is -3.74. The molecular weight excluding hydrogens is 436 g/mol. The monoisotopic (exact) mass is 470 g/mol. The molecule has 7 nitrogen and oxygen atoms in total. The predicted molar refractivity (Wildman–Crippen MR) is 141 cm³/mol. The third-order valence-electron chi connectivity index (χ3n) is 5.41. The van der Waals surface area contributed by atoms with Crippen LogP contribution in [0.5, 0.6) is 5.75 Å². The Labute approximate surface area is 206 Å². The molecule has 3 aromatic carbocycles. The maximum atomic E-state index is 11.0. The van der Waals surface area contributed by atoms with Crippen LogP contribution >= 0.6 is 0 Å². The lowest BCUT2D eigenvalue weighted by Crippen LogP contribution is -2.13. The summed E-state index contributed by atoms with van der Waals surface area (Å²) in [5.41, 5.74) is 6.53. The molecule has 0 unspecified atom stereocenters. The molecule has 7 heteroatoms. The van der Waals surface area contributed by atoms with Crippen LogP contribution in [0.4, 0.5) is 0 Å².